The van der Waals surface area contributed by atoms with Crippen molar-refractivity contribution in [3.8, 4) is 0 Å². The number of amides is 1. The molecule has 0 radical (unpaired) electrons. The topological polar surface area (TPSA) is 50.2 Å². The summed E-state index contributed by atoms with van der Waals surface area (Å²) in [7, 11) is 3.91. The molecule has 0 saturated carbocycles. The molecule has 1 heterocycles. The Morgan fingerprint density at radius 3 is 2.50 bits per heavy atom. The van der Waals surface area contributed by atoms with Crippen LogP contribution in [0.3, 0.4) is 0 Å². The Labute approximate surface area is 154 Å². The van der Waals surface area contributed by atoms with Crippen molar-refractivity contribution in [3.05, 3.63) is 77.5 Å². The van der Waals surface area contributed by atoms with E-state index >= 15 is 0 Å². The van der Waals surface area contributed by atoms with E-state index in [0.717, 1.165) is 17.7 Å². The van der Waals surface area contributed by atoms with Crippen LogP contribution in [0.2, 0.25) is 0 Å². The number of carbonyl (C=O) groups excluding carboxylic acids is 1. The molecule has 5 heteroatoms. The zero-order valence-electron chi connectivity index (χ0n) is 15.4. The van der Waals surface area contributed by atoms with Crippen molar-refractivity contribution in [2.24, 2.45) is 0 Å². The van der Waals surface area contributed by atoms with Gasteiger partial charge < -0.3 is 10.2 Å². The van der Waals surface area contributed by atoms with E-state index in [0.29, 0.717) is 17.9 Å². The quantitative estimate of drug-likeness (QED) is 0.737. The van der Waals surface area contributed by atoms with Gasteiger partial charge in [-0.1, -0.05) is 37.3 Å². The van der Waals surface area contributed by atoms with Gasteiger partial charge in [0.05, 0.1) is 12.7 Å². The fourth-order valence-electron chi connectivity index (χ4n) is 2.73. The maximum atomic E-state index is 12.6. The molecule has 0 aliphatic heterocycles. The van der Waals surface area contributed by atoms with Gasteiger partial charge >= 0.3 is 0 Å². The summed E-state index contributed by atoms with van der Waals surface area (Å²) in [6.45, 7) is 2.76. The van der Waals surface area contributed by atoms with Crippen LogP contribution in [-0.4, -0.2) is 29.8 Å². The van der Waals surface area contributed by atoms with Gasteiger partial charge in [-0.15, -0.1) is 0 Å². The number of hydrogen-bond acceptors (Lipinski definition) is 3. The second-order valence-corrected chi connectivity index (χ2v) is 6.44. The predicted molar refractivity (Wildman–Crippen MR) is 106 cm³/mol. The number of aryl methyl sites for hydroxylation is 1. The van der Waals surface area contributed by atoms with Crippen molar-refractivity contribution in [1.29, 1.82) is 0 Å². The largest absolute Gasteiger partial charge is 0.378 e. The van der Waals surface area contributed by atoms with Gasteiger partial charge in [0.25, 0.3) is 5.91 Å². The Hall–Kier alpha value is -3.08. The molecule has 0 spiro atoms. The van der Waals surface area contributed by atoms with E-state index in [1.165, 1.54) is 5.56 Å². The van der Waals surface area contributed by atoms with Crippen LogP contribution in [0.1, 0.15) is 28.4 Å². The fourth-order valence-corrected chi connectivity index (χ4v) is 2.73. The highest BCUT2D eigenvalue weighted by molar-refractivity contribution is 6.04. The number of nitrogens with zero attached hydrogens (tertiary/aromatic N) is 3. The Bertz CT molecular complexity index is 881. The summed E-state index contributed by atoms with van der Waals surface area (Å²) in [4.78, 5) is 14.6. The lowest BCUT2D eigenvalue weighted by Crippen LogP contribution is -2.17. The molecule has 0 aliphatic rings. The zero-order valence-corrected chi connectivity index (χ0v) is 15.4. The van der Waals surface area contributed by atoms with Gasteiger partial charge in [-0.25, -0.2) is 4.68 Å². The molecule has 1 aromatic heterocycles. The number of benzene rings is 2. The van der Waals surface area contributed by atoms with Gasteiger partial charge in [0.1, 0.15) is 5.82 Å². The van der Waals surface area contributed by atoms with Crippen molar-refractivity contribution >= 4 is 17.4 Å². The van der Waals surface area contributed by atoms with Crippen LogP contribution in [0.5, 0.6) is 0 Å². The average Bonchev–Trinajstić information content (AvgIpc) is 3.09. The Balaban J connectivity index is 1.73. The molecule has 0 saturated heterocycles. The molecule has 1 amide bonds. The summed E-state index contributed by atoms with van der Waals surface area (Å²) in [5, 5.41) is 7.30. The summed E-state index contributed by atoms with van der Waals surface area (Å²) in [6.07, 6.45) is 2.72. The maximum absolute atomic E-state index is 12.6. The van der Waals surface area contributed by atoms with Crippen LogP contribution in [0, 0.1) is 0 Å². The minimum absolute atomic E-state index is 0.142. The smallest absolute Gasteiger partial charge is 0.256 e. The van der Waals surface area contributed by atoms with E-state index in [4.69, 9.17) is 0 Å². The molecule has 3 rings (SSSR count). The van der Waals surface area contributed by atoms with Crippen molar-refractivity contribution in [3.63, 3.8) is 0 Å². The summed E-state index contributed by atoms with van der Waals surface area (Å²) >= 11 is 0. The third-order valence-corrected chi connectivity index (χ3v) is 4.35. The summed E-state index contributed by atoms with van der Waals surface area (Å²) in [5.41, 5.74) is 4.07. The Morgan fingerprint density at radius 1 is 1.08 bits per heavy atom. The lowest BCUT2D eigenvalue weighted by molar-refractivity contribution is 0.102. The monoisotopic (exact) mass is 348 g/mol. The summed E-state index contributed by atoms with van der Waals surface area (Å²) in [6, 6.07) is 17.8. The molecule has 5 nitrogen and oxygen atoms in total. The molecule has 3 aromatic rings. The third-order valence-electron chi connectivity index (χ3n) is 4.35. The Kier molecular flexibility index (Phi) is 5.37. The average molecular weight is 348 g/mol. The van der Waals surface area contributed by atoms with Gasteiger partial charge in [-0.2, -0.15) is 5.10 Å². The lowest BCUT2D eigenvalue weighted by Gasteiger charge is -2.14. The van der Waals surface area contributed by atoms with E-state index in [1.54, 1.807) is 10.9 Å². The second-order valence-electron chi connectivity index (χ2n) is 6.44. The van der Waals surface area contributed by atoms with Crippen molar-refractivity contribution in [2.75, 3.05) is 24.3 Å². The molecule has 1 N–H and O–H groups in total. The normalized spacial score (nSPS) is 10.6. The minimum Gasteiger partial charge on any atom is -0.378 e. The molecule has 0 aliphatic carbocycles. The van der Waals surface area contributed by atoms with E-state index in [1.807, 2.05) is 49.3 Å². The second kappa shape index (κ2) is 7.87. The highest BCUT2D eigenvalue weighted by Gasteiger charge is 2.11. The molecular weight excluding hydrogens is 324 g/mol. The molecule has 134 valence electrons. The standard InChI is InChI=1S/C21H24N4O/c1-4-16-8-10-17(11-9-16)15-25-20(12-13-22-25)23-21(26)18-6-5-7-19(14-18)24(2)3/h5-14H,4,15H2,1-3H3,(H,23,26). The van der Waals surface area contributed by atoms with Crippen molar-refractivity contribution in [1.82, 2.24) is 9.78 Å². The number of nitrogens with one attached hydrogen (secondary N) is 1. The number of aromatic nitrogens is 2. The van der Waals surface area contributed by atoms with E-state index in [2.05, 4.69) is 41.6 Å². The van der Waals surface area contributed by atoms with Crippen LogP contribution >= 0.6 is 0 Å². The van der Waals surface area contributed by atoms with Crippen LogP contribution in [0.25, 0.3) is 0 Å². The first-order valence-corrected chi connectivity index (χ1v) is 8.75. The summed E-state index contributed by atoms with van der Waals surface area (Å²) in [5.74, 6) is 0.543. The third kappa shape index (κ3) is 4.11. The molecule has 2 aromatic carbocycles. The summed E-state index contributed by atoms with van der Waals surface area (Å²) < 4.78 is 1.80. The van der Waals surface area contributed by atoms with Gasteiger partial charge in [0.15, 0.2) is 0 Å². The van der Waals surface area contributed by atoms with E-state index < -0.39 is 0 Å². The highest BCUT2D eigenvalue weighted by Crippen LogP contribution is 2.16. The Morgan fingerprint density at radius 2 is 1.81 bits per heavy atom. The first-order valence-electron chi connectivity index (χ1n) is 8.75. The van der Waals surface area contributed by atoms with Crippen LogP contribution < -0.4 is 10.2 Å². The molecule has 26 heavy (non-hydrogen) atoms. The van der Waals surface area contributed by atoms with E-state index in [-0.39, 0.29) is 5.91 Å². The first kappa shape index (κ1) is 17.7. The maximum Gasteiger partial charge on any atom is 0.256 e. The van der Waals surface area contributed by atoms with E-state index in [9.17, 15) is 4.79 Å². The molecule has 0 bridgehead atoms. The van der Waals surface area contributed by atoms with Gasteiger partial charge in [0, 0.05) is 31.4 Å². The number of hydrogen-bond donors (Lipinski definition) is 1. The highest BCUT2D eigenvalue weighted by atomic mass is 16.1. The fraction of sp³-hybridized carbons (Fsp3) is 0.238. The SMILES string of the molecule is CCc1ccc(Cn2nccc2NC(=O)c2cccc(N(C)C)c2)cc1. The van der Waals surface area contributed by atoms with Crippen LogP contribution in [0.4, 0.5) is 11.5 Å². The zero-order chi connectivity index (χ0) is 18.5. The number of rotatable bonds is 6. The molecule has 0 unspecified atom stereocenters. The number of carbonyl (C=O) groups is 1. The van der Waals surface area contributed by atoms with Crippen molar-refractivity contribution in [2.45, 2.75) is 19.9 Å². The van der Waals surface area contributed by atoms with Crippen molar-refractivity contribution < 1.29 is 4.79 Å². The van der Waals surface area contributed by atoms with Gasteiger partial charge in [0.2, 0.25) is 0 Å². The van der Waals surface area contributed by atoms with Gasteiger partial charge in [-0.3, -0.25) is 4.79 Å². The molecule has 0 atom stereocenters. The first-order chi connectivity index (χ1) is 12.6. The van der Waals surface area contributed by atoms with Gasteiger partial charge in [-0.05, 0) is 35.7 Å². The van der Waals surface area contributed by atoms with Crippen LogP contribution in [0.15, 0.2) is 60.8 Å². The molecule has 0 fully saturated rings. The van der Waals surface area contributed by atoms with Crippen LogP contribution in [-0.2, 0) is 13.0 Å². The minimum atomic E-state index is -0.142. The predicted octanol–water partition coefficient (Wildman–Crippen LogP) is 3.81. The lowest BCUT2D eigenvalue weighted by atomic mass is 10.1. The molecular formula is C21H24N4O. The number of anilines is 2.